The lowest BCUT2D eigenvalue weighted by Gasteiger charge is -2.31. The van der Waals surface area contributed by atoms with Crippen molar-refractivity contribution in [1.29, 1.82) is 0 Å². The van der Waals surface area contributed by atoms with Crippen LogP contribution in [0.5, 0.6) is 0 Å². The molecule has 2 atom stereocenters. The topological polar surface area (TPSA) is 54.4 Å². The van der Waals surface area contributed by atoms with E-state index in [-0.39, 0.29) is 11.7 Å². The molecule has 0 unspecified atom stereocenters. The van der Waals surface area contributed by atoms with Gasteiger partial charge in [-0.1, -0.05) is 5.57 Å². The summed E-state index contributed by atoms with van der Waals surface area (Å²) >= 11 is 0. The highest BCUT2D eigenvalue weighted by atomic mass is 16.4. The lowest BCUT2D eigenvalue weighted by atomic mass is 9.73. The molecule has 2 aliphatic rings. The van der Waals surface area contributed by atoms with Crippen LogP contribution in [0.4, 0.5) is 0 Å². The Labute approximate surface area is 82.8 Å². The maximum absolute atomic E-state index is 11.2. The van der Waals surface area contributed by atoms with Gasteiger partial charge in [-0.05, 0) is 37.7 Å². The first-order valence-corrected chi connectivity index (χ1v) is 5.13. The highest BCUT2D eigenvalue weighted by molar-refractivity contribution is 5.91. The molecule has 0 amide bonds. The van der Waals surface area contributed by atoms with Crippen LogP contribution in [0.1, 0.15) is 32.1 Å². The summed E-state index contributed by atoms with van der Waals surface area (Å²) in [6.07, 6.45) is 5.56. The van der Waals surface area contributed by atoms with Crippen LogP contribution in [-0.4, -0.2) is 16.9 Å². The van der Waals surface area contributed by atoms with Crippen molar-refractivity contribution in [3.8, 4) is 0 Å². The average Bonchev–Trinajstić information content (AvgIpc) is 2.16. The summed E-state index contributed by atoms with van der Waals surface area (Å²) in [6, 6.07) is 0. The van der Waals surface area contributed by atoms with Gasteiger partial charge in [-0.15, -0.1) is 0 Å². The molecule has 2 aliphatic carbocycles. The van der Waals surface area contributed by atoms with Gasteiger partial charge < -0.3 is 5.11 Å². The minimum atomic E-state index is -0.720. The Bertz CT molecular complexity index is 304. The molecule has 0 saturated heterocycles. The number of fused-ring (bicyclic) bond motifs is 1. The molecule has 76 valence electrons. The molecule has 0 aromatic carbocycles. The van der Waals surface area contributed by atoms with E-state index in [2.05, 4.69) is 0 Å². The van der Waals surface area contributed by atoms with Crippen LogP contribution in [0.25, 0.3) is 0 Å². The predicted molar refractivity (Wildman–Crippen MR) is 50.8 cm³/mol. The molecule has 1 N–H and O–H groups in total. The number of hydrogen-bond acceptors (Lipinski definition) is 2. The van der Waals surface area contributed by atoms with Gasteiger partial charge in [0.2, 0.25) is 0 Å². The third kappa shape index (κ3) is 1.72. The van der Waals surface area contributed by atoms with E-state index < -0.39 is 5.97 Å². The smallest absolute Gasteiger partial charge is 0.306 e. The van der Waals surface area contributed by atoms with Gasteiger partial charge in [0.1, 0.15) is 0 Å². The number of allylic oxidation sites excluding steroid dienone is 2. The number of carbonyl (C=O) groups excluding carboxylic acids is 1. The first-order chi connectivity index (χ1) is 6.66. The first-order valence-electron chi connectivity index (χ1n) is 5.13. The number of rotatable bonds is 1. The van der Waals surface area contributed by atoms with Crippen LogP contribution in [0.15, 0.2) is 11.6 Å². The third-order valence-corrected chi connectivity index (χ3v) is 3.30. The Hall–Kier alpha value is -1.12. The van der Waals surface area contributed by atoms with Gasteiger partial charge >= 0.3 is 5.97 Å². The van der Waals surface area contributed by atoms with Crippen LogP contribution < -0.4 is 0 Å². The van der Waals surface area contributed by atoms with E-state index in [1.54, 1.807) is 6.08 Å². The SMILES string of the molecule is O=C1C=C2C[C@H](C(=O)O)CC[C@H]2CC1. The number of carboxylic acid groups (broad SMARTS) is 1. The lowest BCUT2D eigenvalue weighted by Crippen LogP contribution is -2.26. The molecule has 1 saturated carbocycles. The Morgan fingerprint density at radius 3 is 2.86 bits per heavy atom. The van der Waals surface area contributed by atoms with E-state index in [4.69, 9.17) is 5.11 Å². The second-order valence-corrected chi connectivity index (χ2v) is 4.24. The van der Waals surface area contributed by atoms with Crippen LogP contribution in [-0.2, 0) is 9.59 Å². The van der Waals surface area contributed by atoms with Crippen LogP contribution in [0.3, 0.4) is 0 Å². The molecular formula is C11H14O3. The minimum Gasteiger partial charge on any atom is -0.481 e. The van der Waals surface area contributed by atoms with Crippen LogP contribution in [0, 0.1) is 11.8 Å². The molecule has 3 nitrogen and oxygen atoms in total. The zero-order valence-electron chi connectivity index (χ0n) is 8.03. The van der Waals surface area contributed by atoms with Crippen molar-refractivity contribution in [3.63, 3.8) is 0 Å². The van der Waals surface area contributed by atoms with E-state index in [0.717, 1.165) is 24.8 Å². The Morgan fingerprint density at radius 1 is 1.36 bits per heavy atom. The number of ketones is 1. The first kappa shape index (κ1) is 9.44. The maximum Gasteiger partial charge on any atom is 0.306 e. The monoisotopic (exact) mass is 194 g/mol. The summed E-state index contributed by atoms with van der Waals surface area (Å²) in [5, 5.41) is 8.88. The van der Waals surface area contributed by atoms with Crippen LogP contribution in [0.2, 0.25) is 0 Å². The fourth-order valence-corrected chi connectivity index (χ4v) is 2.45. The van der Waals surface area contributed by atoms with E-state index in [1.165, 1.54) is 0 Å². The molecule has 0 aromatic rings. The largest absolute Gasteiger partial charge is 0.481 e. The molecule has 1 fully saturated rings. The quantitative estimate of drug-likeness (QED) is 0.692. The van der Waals surface area contributed by atoms with Gasteiger partial charge in [0.25, 0.3) is 0 Å². The molecule has 0 spiro atoms. The summed E-state index contributed by atoms with van der Waals surface area (Å²) in [5.41, 5.74) is 1.08. The fourth-order valence-electron chi connectivity index (χ4n) is 2.45. The number of carboxylic acids is 1. The zero-order chi connectivity index (χ0) is 10.1. The van der Waals surface area contributed by atoms with Gasteiger partial charge in [-0.3, -0.25) is 9.59 Å². The van der Waals surface area contributed by atoms with Crippen LogP contribution >= 0.6 is 0 Å². The van der Waals surface area contributed by atoms with Crippen molar-refractivity contribution >= 4 is 11.8 Å². The van der Waals surface area contributed by atoms with Gasteiger partial charge in [-0.2, -0.15) is 0 Å². The summed E-state index contributed by atoms with van der Waals surface area (Å²) < 4.78 is 0. The Balaban J connectivity index is 2.13. The molecule has 0 heterocycles. The summed E-state index contributed by atoms with van der Waals surface area (Å²) in [5.74, 6) is -0.323. The highest BCUT2D eigenvalue weighted by Crippen LogP contribution is 2.38. The van der Waals surface area contributed by atoms with Crippen molar-refractivity contribution in [2.75, 3.05) is 0 Å². The zero-order valence-corrected chi connectivity index (χ0v) is 8.03. The summed E-state index contributed by atoms with van der Waals surface area (Å²) in [7, 11) is 0. The van der Waals surface area contributed by atoms with Gasteiger partial charge in [0.05, 0.1) is 5.92 Å². The predicted octanol–water partition coefficient (Wildman–Crippen LogP) is 1.78. The second kappa shape index (κ2) is 3.56. The van der Waals surface area contributed by atoms with Crippen molar-refractivity contribution in [2.24, 2.45) is 11.8 Å². The molecule has 0 bridgehead atoms. The summed E-state index contributed by atoms with van der Waals surface area (Å²) in [6.45, 7) is 0. The van der Waals surface area contributed by atoms with Crippen molar-refractivity contribution in [2.45, 2.75) is 32.1 Å². The minimum absolute atomic E-state index is 0.169. The molecular weight excluding hydrogens is 180 g/mol. The van der Waals surface area contributed by atoms with Gasteiger partial charge in [0.15, 0.2) is 5.78 Å². The number of carbonyl (C=O) groups is 2. The average molecular weight is 194 g/mol. The maximum atomic E-state index is 11.2. The lowest BCUT2D eigenvalue weighted by molar-refractivity contribution is -0.142. The molecule has 3 heteroatoms. The van der Waals surface area contributed by atoms with E-state index in [1.807, 2.05) is 0 Å². The molecule has 14 heavy (non-hydrogen) atoms. The van der Waals surface area contributed by atoms with E-state index in [0.29, 0.717) is 18.8 Å². The highest BCUT2D eigenvalue weighted by Gasteiger charge is 2.31. The second-order valence-electron chi connectivity index (χ2n) is 4.24. The summed E-state index contributed by atoms with van der Waals surface area (Å²) in [4.78, 5) is 22.0. The Kier molecular flexibility index (Phi) is 2.40. The van der Waals surface area contributed by atoms with Crippen molar-refractivity contribution < 1.29 is 14.7 Å². The standard InChI is InChI=1S/C11H14O3/c12-10-4-3-7-1-2-8(11(13)14)5-9(7)6-10/h6-8H,1-5H2,(H,13,14)/t7-,8+/m0/s1. The number of aliphatic carboxylic acids is 1. The molecule has 0 aliphatic heterocycles. The molecule has 0 radical (unpaired) electrons. The van der Waals surface area contributed by atoms with Crippen molar-refractivity contribution in [3.05, 3.63) is 11.6 Å². The van der Waals surface area contributed by atoms with Gasteiger partial charge in [0, 0.05) is 6.42 Å². The molecule has 2 rings (SSSR count). The van der Waals surface area contributed by atoms with E-state index >= 15 is 0 Å². The van der Waals surface area contributed by atoms with E-state index in [9.17, 15) is 9.59 Å². The third-order valence-electron chi connectivity index (χ3n) is 3.30. The van der Waals surface area contributed by atoms with Gasteiger partial charge in [-0.25, -0.2) is 0 Å². The fraction of sp³-hybridized carbons (Fsp3) is 0.636. The molecule has 0 aromatic heterocycles. The normalized spacial score (nSPS) is 32.0. The Morgan fingerprint density at radius 2 is 2.14 bits per heavy atom. The number of hydrogen-bond donors (Lipinski definition) is 1. The van der Waals surface area contributed by atoms with Crippen molar-refractivity contribution in [1.82, 2.24) is 0 Å².